The second-order valence-corrected chi connectivity index (χ2v) is 10.5. The molecule has 184 valence electrons. The number of carbonyl (C=O) groups excluding carboxylic acids is 1. The lowest BCUT2D eigenvalue weighted by atomic mass is 9.82. The summed E-state index contributed by atoms with van der Waals surface area (Å²) in [4.78, 5) is 21.9. The maximum Gasteiger partial charge on any atom is 0.251 e. The number of fused-ring (bicyclic) bond motifs is 2. The predicted octanol–water partition coefficient (Wildman–Crippen LogP) is 4.50. The molecule has 0 spiro atoms. The fraction of sp³-hybridized carbons (Fsp3) is 0.393. The van der Waals surface area contributed by atoms with Gasteiger partial charge in [0.2, 0.25) is 0 Å². The third-order valence-corrected chi connectivity index (χ3v) is 7.75. The topological polar surface area (TPSA) is 98.6 Å². The molecule has 8 heteroatoms. The van der Waals surface area contributed by atoms with Crippen LogP contribution in [0.5, 0.6) is 0 Å². The number of nitrogens with one attached hydrogen (secondary N) is 2. The van der Waals surface area contributed by atoms with Crippen molar-refractivity contribution in [2.45, 2.75) is 51.6 Å². The zero-order valence-corrected chi connectivity index (χ0v) is 20.7. The molecule has 0 saturated heterocycles. The molecule has 4 atom stereocenters. The Morgan fingerprint density at radius 3 is 3.06 bits per heavy atom. The summed E-state index contributed by atoms with van der Waals surface area (Å²) in [7, 11) is 0. The van der Waals surface area contributed by atoms with Crippen LogP contribution >= 0.6 is 0 Å². The fourth-order valence-corrected chi connectivity index (χ4v) is 5.73. The number of hydrogen-bond acceptors (Lipinski definition) is 6. The van der Waals surface area contributed by atoms with Gasteiger partial charge in [0, 0.05) is 59.6 Å². The molecule has 4 heterocycles. The lowest BCUT2D eigenvalue weighted by molar-refractivity contribution is 0.0909. The van der Waals surface area contributed by atoms with E-state index in [0.29, 0.717) is 11.5 Å². The highest BCUT2D eigenvalue weighted by Crippen LogP contribution is 2.35. The van der Waals surface area contributed by atoms with Crippen LogP contribution in [-0.2, 0) is 0 Å². The van der Waals surface area contributed by atoms with Crippen molar-refractivity contribution in [2.24, 2.45) is 21.4 Å². The highest BCUT2D eigenvalue weighted by molar-refractivity contribution is 6.01. The van der Waals surface area contributed by atoms with E-state index in [1.54, 1.807) is 6.20 Å². The molecule has 36 heavy (non-hydrogen) atoms. The third kappa shape index (κ3) is 4.21. The summed E-state index contributed by atoms with van der Waals surface area (Å²) in [5.74, 6) is 0.456. The highest BCUT2D eigenvalue weighted by Gasteiger charge is 2.40. The largest absolute Gasteiger partial charge is 0.349 e. The molecule has 2 N–H and O–H groups in total. The number of aromatic amines is 1. The second-order valence-electron chi connectivity index (χ2n) is 10.5. The number of hydrazone groups is 1. The van der Waals surface area contributed by atoms with Crippen LogP contribution in [0.25, 0.3) is 22.2 Å². The van der Waals surface area contributed by atoms with E-state index in [-0.39, 0.29) is 23.4 Å². The number of nitrogens with zero attached hydrogens (tertiary/aromatic N) is 5. The number of H-pyrrole nitrogens is 1. The summed E-state index contributed by atoms with van der Waals surface area (Å²) in [5.41, 5.74) is 4.24. The minimum atomic E-state index is -0.0798. The molecule has 1 saturated carbocycles. The van der Waals surface area contributed by atoms with Gasteiger partial charge in [-0.05, 0) is 69.4 Å². The smallest absolute Gasteiger partial charge is 0.251 e. The Balaban J connectivity index is 1.13. The van der Waals surface area contributed by atoms with Crippen LogP contribution in [0.2, 0.25) is 0 Å². The average Bonchev–Trinajstić information content (AvgIpc) is 3.45. The van der Waals surface area contributed by atoms with Gasteiger partial charge in [-0.1, -0.05) is 12.5 Å². The molecule has 3 aromatic rings. The van der Waals surface area contributed by atoms with Crippen LogP contribution in [0.1, 0.15) is 48.7 Å². The van der Waals surface area contributed by atoms with E-state index in [1.165, 1.54) is 0 Å². The number of aryl methyl sites for hydroxylation is 1. The summed E-state index contributed by atoms with van der Waals surface area (Å²) in [6, 6.07) is 10.0. The number of amides is 1. The molecule has 0 radical (unpaired) electrons. The van der Waals surface area contributed by atoms with Gasteiger partial charge in [0.25, 0.3) is 5.91 Å². The van der Waals surface area contributed by atoms with E-state index in [9.17, 15) is 4.79 Å². The van der Waals surface area contributed by atoms with E-state index in [1.807, 2.05) is 55.9 Å². The van der Waals surface area contributed by atoms with Crippen LogP contribution in [0.4, 0.5) is 0 Å². The fourth-order valence-electron chi connectivity index (χ4n) is 5.73. The molecule has 2 aromatic heterocycles. The van der Waals surface area contributed by atoms with Gasteiger partial charge in [-0.15, -0.1) is 0 Å². The summed E-state index contributed by atoms with van der Waals surface area (Å²) >= 11 is 0. The number of benzene rings is 1. The quantitative estimate of drug-likeness (QED) is 0.561. The van der Waals surface area contributed by atoms with E-state index in [2.05, 4.69) is 43.5 Å². The average molecular weight is 482 g/mol. The van der Waals surface area contributed by atoms with Crippen molar-refractivity contribution in [3.63, 3.8) is 0 Å². The Hall–Kier alpha value is -3.81. The summed E-state index contributed by atoms with van der Waals surface area (Å²) in [6.07, 6.45) is 14.0. The molecule has 0 bridgehead atoms. The van der Waals surface area contributed by atoms with E-state index in [0.717, 1.165) is 60.1 Å². The number of pyridine rings is 1. The van der Waals surface area contributed by atoms with Crippen molar-refractivity contribution in [1.29, 1.82) is 0 Å². The van der Waals surface area contributed by atoms with E-state index >= 15 is 0 Å². The molecule has 1 fully saturated rings. The lowest BCUT2D eigenvalue weighted by Gasteiger charge is -2.36. The summed E-state index contributed by atoms with van der Waals surface area (Å²) in [6.45, 7) is 5.05. The van der Waals surface area contributed by atoms with Gasteiger partial charge in [-0.2, -0.15) is 10.2 Å². The molecular formula is C28H31N7O. The van der Waals surface area contributed by atoms with Gasteiger partial charge in [-0.25, -0.2) is 0 Å². The standard InChI is InChI=1S/C28H31N7O/c1-18-12-20(8-10-30-18)26-23-14-21(6-7-24(23)33-34-26)27(36)32-22-5-3-4-19(13-22)16-35-25-15-29-11-9-28(25,2)17-31-35/h6-12,14-15,17,19,22,25H,3-5,13,16H2,1-2H3,(H,32,36)(H,33,34)/t19?,22?,25?,28-/m1/s1. The number of aromatic nitrogens is 3. The predicted molar refractivity (Wildman–Crippen MR) is 142 cm³/mol. The minimum absolute atomic E-state index is 0.0306. The lowest BCUT2D eigenvalue weighted by Crippen LogP contribution is -2.45. The Labute approximate surface area is 210 Å². The molecule has 1 aliphatic carbocycles. The molecule has 6 rings (SSSR count). The molecule has 3 aliphatic rings. The van der Waals surface area contributed by atoms with Gasteiger partial charge < -0.3 is 5.32 Å². The maximum atomic E-state index is 13.3. The molecule has 3 unspecified atom stereocenters. The summed E-state index contributed by atoms with van der Waals surface area (Å²) < 4.78 is 0. The first-order chi connectivity index (χ1) is 17.5. The first-order valence-corrected chi connectivity index (χ1v) is 12.7. The molecular weight excluding hydrogens is 450 g/mol. The van der Waals surface area contributed by atoms with Crippen molar-refractivity contribution < 1.29 is 4.79 Å². The van der Waals surface area contributed by atoms with Gasteiger partial charge in [0.15, 0.2) is 0 Å². The van der Waals surface area contributed by atoms with Gasteiger partial charge >= 0.3 is 0 Å². The van der Waals surface area contributed by atoms with Crippen LogP contribution in [0.3, 0.4) is 0 Å². The maximum absolute atomic E-state index is 13.3. The zero-order chi connectivity index (χ0) is 24.7. The monoisotopic (exact) mass is 481 g/mol. The van der Waals surface area contributed by atoms with Crippen LogP contribution in [0, 0.1) is 18.3 Å². The first kappa shape index (κ1) is 22.6. The molecule has 2 aliphatic heterocycles. The van der Waals surface area contributed by atoms with E-state index in [4.69, 9.17) is 5.10 Å². The second kappa shape index (κ2) is 9.00. The summed E-state index contributed by atoms with van der Waals surface area (Å²) in [5, 5.41) is 18.7. The van der Waals surface area contributed by atoms with Crippen molar-refractivity contribution in [3.8, 4) is 11.3 Å². The Kier molecular flexibility index (Phi) is 5.66. The van der Waals surface area contributed by atoms with Crippen molar-refractivity contribution in [2.75, 3.05) is 6.54 Å². The van der Waals surface area contributed by atoms with Crippen molar-refractivity contribution >= 4 is 29.2 Å². The zero-order valence-electron chi connectivity index (χ0n) is 20.7. The van der Waals surface area contributed by atoms with Crippen molar-refractivity contribution in [3.05, 3.63) is 60.1 Å². The minimum Gasteiger partial charge on any atom is -0.349 e. The van der Waals surface area contributed by atoms with Crippen LogP contribution < -0.4 is 5.32 Å². The van der Waals surface area contributed by atoms with E-state index < -0.39 is 0 Å². The number of carbonyl (C=O) groups is 1. The Morgan fingerprint density at radius 2 is 2.17 bits per heavy atom. The Bertz CT molecular complexity index is 1390. The third-order valence-electron chi connectivity index (χ3n) is 7.75. The SMILES string of the molecule is Cc1cc(-c2n[nH]c3ccc(C(=O)NC4CCCC(CN5N=C[C@@]6(C)C=CN=CC56)C4)cc23)ccn1. The van der Waals surface area contributed by atoms with Gasteiger partial charge in [0.1, 0.15) is 5.69 Å². The van der Waals surface area contributed by atoms with Crippen LogP contribution in [0.15, 0.2) is 58.9 Å². The number of rotatable bonds is 5. The van der Waals surface area contributed by atoms with Gasteiger partial charge in [0.05, 0.1) is 17.0 Å². The molecule has 1 amide bonds. The number of aliphatic imine (C=N–C) groups is 1. The van der Waals surface area contributed by atoms with Crippen molar-refractivity contribution in [1.82, 2.24) is 25.5 Å². The molecule has 8 nitrogen and oxygen atoms in total. The molecule has 1 aromatic carbocycles. The highest BCUT2D eigenvalue weighted by atomic mass is 16.1. The first-order valence-electron chi connectivity index (χ1n) is 12.7. The van der Waals surface area contributed by atoms with Crippen LogP contribution in [-0.4, -0.2) is 57.2 Å². The number of hydrogen-bond donors (Lipinski definition) is 2. The Morgan fingerprint density at radius 1 is 1.25 bits per heavy atom. The van der Waals surface area contributed by atoms with Gasteiger partial charge in [-0.3, -0.25) is 24.9 Å². The normalized spacial score (nSPS) is 26.9.